The van der Waals surface area contributed by atoms with E-state index < -0.39 is 0 Å². The molecule has 0 aromatic rings. The van der Waals surface area contributed by atoms with Crippen molar-refractivity contribution < 1.29 is 4.74 Å². The second-order valence-corrected chi connectivity index (χ2v) is 3.36. The summed E-state index contributed by atoms with van der Waals surface area (Å²) in [6.07, 6.45) is 3.96. The van der Waals surface area contributed by atoms with Gasteiger partial charge < -0.3 is 9.64 Å². The molecule has 74 valence electrons. The zero-order valence-electron chi connectivity index (χ0n) is 8.97. The number of hydrogen-bond acceptors (Lipinski definition) is 2. The third kappa shape index (κ3) is 5.56. The first-order valence-corrected chi connectivity index (χ1v) is 4.95. The van der Waals surface area contributed by atoms with Gasteiger partial charge in [-0.05, 0) is 32.9 Å². The molecule has 0 aromatic heterocycles. The third-order valence-corrected chi connectivity index (χ3v) is 2.23. The standard InChI is InChI=1S/C10H23NO/c1-5-8-11(3)9-7-10(6-2)12-4/h10H,5-9H2,1-4H3. The fraction of sp³-hybridized carbons (Fsp3) is 1.00. The van der Waals surface area contributed by atoms with Crippen molar-refractivity contribution in [3.63, 3.8) is 0 Å². The van der Waals surface area contributed by atoms with Crippen LogP contribution in [0.1, 0.15) is 33.1 Å². The SMILES string of the molecule is CCCN(C)CCC(CC)OC. The normalized spacial score (nSPS) is 13.8. The summed E-state index contributed by atoms with van der Waals surface area (Å²) in [6, 6.07) is 0. The smallest absolute Gasteiger partial charge is 0.0580 e. The van der Waals surface area contributed by atoms with Gasteiger partial charge in [0.25, 0.3) is 0 Å². The van der Waals surface area contributed by atoms with Gasteiger partial charge in [-0.25, -0.2) is 0 Å². The van der Waals surface area contributed by atoms with Crippen LogP contribution in [0.3, 0.4) is 0 Å². The molecule has 0 aromatic carbocycles. The van der Waals surface area contributed by atoms with Crippen molar-refractivity contribution in [3.05, 3.63) is 0 Å². The molecular formula is C10H23NO. The molecule has 0 aliphatic heterocycles. The molecule has 0 radical (unpaired) electrons. The monoisotopic (exact) mass is 173 g/mol. The van der Waals surface area contributed by atoms with E-state index in [0.717, 1.165) is 19.4 Å². The number of hydrogen-bond donors (Lipinski definition) is 0. The minimum Gasteiger partial charge on any atom is -0.381 e. The highest BCUT2D eigenvalue weighted by molar-refractivity contribution is 4.58. The summed E-state index contributed by atoms with van der Waals surface area (Å²) < 4.78 is 5.30. The second-order valence-electron chi connectivity index (χ2n) is 3.36. The summed E-state index contributed by atoms with van der Waals surface area (Å²) in [5.41, 5.74) is 0. The van der Waals surface area contributed by atoms with E-state index in [0.29, 0.717) is 6.10 Å². The molecule has 0 rings (SSSR count). The van der Waals surface area contributed by atoms with Crippen LogP contribution in [-0.2, 0) is 4.74 Å². The van der Waals surface area contributed by atoms with Crippen molar-refractivity contribution in [2.24, 2.45) is 0 Å². The molecule has 0 heterocycles. The van der Waals surface area contributed by atoms with Gasteiger partial charge in [0.05, 0.1) is 6.10 Å². The maximum absolute atomic E-state index is 5.30. The molecule has 0 fully saturated rings. The molecule has 0 saturated heterocycles. The highest BCUT2D eigenvalue weighted by Crippen LogP contribution is 2.02. The van der Waals surface area contributed by atoms with Crippen LogP contribution in [0.2, 0.25) is 0 Å². The van der Waals surface area contributed by atoms with E-state index in [1.54, 1.807) is 7.11 Å². The van der Waals surface area contributed by atoms with E-state index in [2.05, 4.69) is 25.8 Å². The molecule has 0 N–H and O–H groups in total. The van der Waals surface area contributed by atoms with Crippen molar-refractivity contribution in [2.45, 2.75) is 39.2 Å². The average Bonchev–Trinajstić information content (AvgIpc) is 2.07. The van der Waals surface area contributed by atoms with Gasteiger partial charge in [0, 0.05) is 13.7 Å². The molecule has 2 heteroatoms. The predicted molar refractivity (Wildman–Crippen MR) is 53.5 cm³/mol. The molecule has 0 aliphatic rings. The van der Waals surface area contributed by atoms with Gasteiger partial charge >= 0.3 is 0 Å². The number of nitrogens with zero attached hydrogens (tertiary/aromatic N) is 1. The Balaban J connectivity index is 3.37. The molecule has 2 nitrogen and oxygen atoms in total. The zero-order valence-corrected chi connectivity index (χ0v) is 8.97. The summed E-state index contributed by atoms with van der Waals surface area (Å²) in [4.78, 5) is 2.36. The topological polar surface area (TPSA) is 12.5 Å². The third-order valence-electron chi connectivity index (χ3n) is 2.23. The lowest BCUT2D eigenvalue weighted by Crippen LogP contribution is -2.24. The van der Waals surface area contributed by atoms with E-state index >= 15 is 0 Å². The van der Waals surface area contributed by atoms with Crippen molar-refractivity contribution in [2.75, 3.05) is 27.2 Å². The Bertz CT molecular complexity index is 91.8. The molecule has 12 heavy (non-hydrogen) atoms. The molecule has 1 atom stereocenters. The molecule has 1 unspecified atom stereocenters. The van der Waals surface area contributed by atoms with Crippen LogP contribution in [0.25, 0.3) is 0 Å². The van der Waals surface area contributed by atoms with Crippen LogP contribution >= 0.6 is 0 Å². The Morgan fingerprint density at radius 2 is 1.92 bits per heavy atom. The van der Waals surface area contributed by atoms with Crippen LogP contribution in [0.4, 0.5) is 0 Å². The highest BCUT2D eigenvalue weighted by Gasteiger charge is 2.05. The molecular weight excluding hydrogens is 150 g/mol. The average molecular weight is 173 g/mol. The maximum atomic E-state index is 5.30. The van der Waals surface area contributed by atoms with Crippen molar-refractivity contribution in [1.82, 2.24) is 4.90 Å². The van der Waals surface area contributed by atoms with E-state index in [-0.39, 0.29) is 0 Å². The van der Waals surface area contributed by atoms with Crippen molar-refractivity contribution >= 4 is 0 Å². The minimum atomic E-state index is 0.448. The van der Waals surface area contributed by atoms with Crippen molar-refractivity contribution in [3.8, 4) is 0 Å². The van der Waals surface area contributed by atoms with Crippen LogP contribution in [0, 0.1) is 0 Å². The van der Waals surface area contributed by atoms with E-state index in [1.807, 2.05) is 0 Å². The largest absolute Gasteiger partial charge is 0.381 e. The van der Waals surface area contributed by atoms with E-state index in [9.17, 15) is 0 Å². The Morgan fingerprint density at radius 1 is 1.25 bits per heavy atom. The summed E-state index contributed by atoms with van der Waals surface area (Å²) >= 11 is 0. The lowest BCUT2D eigenvalue weighted by molar-refractivity contribution is 0.0832. The Labute approximate surface area is 76.9 Å². The maximum Gasteiger partial charge on any atom is 0.0580 e. The molecule has 0 saturated carbocycles. The van der Waals surface area contributed by atoms with Gasteiger partial charge in [-0.15, -0.1) is 0 Å². The molecule has 0 aliphatic carbocycles. The van der Waals surface area contributed by atoms with Gasteiger partial charge in [0.2, 0.25) is 0 Å². The number of methoxy groups -OCH3 is 1. The highest BCUT2D eigenvalue weighted by atomic mass is 16.5. The second kappa shape index (κ2) is 7.56. The Kier molecular flexibility index (Phi) is 7.51. The number of ether oxygens (including phenoxy) is 1. The lowest BCUT2D eigenvalue weighted by Gasteiger charge is -2.19. The van der Waals surface area contributed by atoms with Crippen LogP contribution in [0.15, 0.2) is 0 Å². The minimum absolute atomic E-state index is 0.448. The molecule has 0 spiro atoms. The first-order chi connectivity index (χ1) is 5.74. The summed E-state index contributed by atoms with van der Waals surface area (Å²) in [5.74, 6) is 0. The van der Waals surface area contributed by atoms with E-state index in [1.165, 1.54) is 13.0 Å². The quantitative estimate of drug-likeness (QED) is 0.585. The summed E-state index contributed by atoms with van der Waals surface area (Å²) in [5, 5.41) is 0. The molecule has 0 bridgehead atoms. The van der Waals surface area contributed by atoms with Gasteiger partial charge in [-0.1, -0.05) is 13.8 Å². The zero-order chi connectivity index (χ0) is 9.40. The van der Waals surface area contributed by atoms with Gasteiger partial charge in [0.1, 0.15) is 0 Å². The number of rotatable bonds is 7. The first-order valence-electron chi connectivity index (χ1n) is 4.95. The first kappa shape index (κ1) is 11.9. The molecule has 0 amide bonds. The Morgan fingerprint density at radius 3 is 2.33 bits per heavy atom. The Hall–Kier alpha value is -0.0800. The summed E-state index contributed by atoms with van der Waals surface area (Å²) in [7, 11) is 3.97. The van der Waals surface area contributed by atoms with Gasteiger partial charge in [-0.3, -0.25) is 0 Å². The van der Waals surface area contributed by atoms with Crippen molar-refractivity contribution in [1.29, 1.82) is 0 Å². The van der Waals surface area contributed by atoms with Crippen LogP contribution in [-0.4, -0.2) is 38.3 Å². The van der Waals surface area contributed by atoms with Crippen LogP contribution in [0.5, 0.6) is 0 Å². The summed E-state index contributed by atoms with van der Waals surface area (Å²) in [6.45, 7) is 6.73. The lowest BCUT2D eigenvalue weighted by atomic mass is 10.2. The van der Waals surface area contributed by atoms with Crippen LogP contribution < -0.4 is 0 Å². The van der Waals surface area contributed by atoms with E-state index in [4.69, 9.17) is 4.74 Å². The predicted octanol–water partition coefficient (Wildman–Crippen LogP) is 2.14. The fourth-order valence-corrected chi connectivity index (χ4v) is 1.35. The van der Waals surface area contributed by atoms with Gasteiger partial charge in [0.15, 0.2) is 0 Å². The van der Waals surface area contributed by atoms with Gasteiger partial charge in [-0.2, -0.15) is 0 Å². The fourth-order valence-electron chi connectivity index (χ4n) is 1.35.